The molecule has 0 bridgehead atoms. The van der Waals surface area contributed by atoms with Gasteiger partial charge in [0.1, 0.15) is 5.69 Å². The number of carbonyl (C=O) groups is 2. The summed E-state index contributed by atoms with van der Waals surface area (Å²) in [6, 6.07) is 14.9. The summed E-state index contributed by atoms with van der Waals surface area (Å²) in [5, 5.41) is 6.34. The van der Waals surface area contributed by atoms with Crippen LogP contribution in [0.25, 0.3) is 0 Å². The highest BCUT2D eigenvalue weighted by Gasteiger charge is 2.36. The van der Waals surface area contributed by atoms with Crippen molar-refractivity contribution in [2.45, 2.75) is 12.7 Å². The molecule has 0 aliphatic carbocycles. The van der Waals surface area contributed by atoms with Crippen molar-refractivity contribution in [3.63, 3.8) is 0 Å². The summed E-state index contributed by atoms with van der Waals surface area (Å²) in [5.41, 5.74) is -0.212. The maximum Gasteiger partial charge on any atom is 0.433 e. The molecule has 0 fully saturated rings. The number of anilines is 1. The highest BCUT2D eigenvalue weighted by Crippen LogP contribution is 2.30. The molecule has 3 rings (SSSR count). The predicted octanol–water partition coefficient (Wildman–Crippen LogP) is 3.99. The van der Waals surface area contributed by atoms with Crippen LogP contribution in [-0.2, 0) is 17.5 Å². The number of methoxy groups -OCH3 is 1. The number of aromatic nitrogens is 2. The van der Waals surface area contributed by atoms with E-state index in [1.165, 1.54) is 31.4 Å². The van der Waals surface area contributed by atoms with E-state index in [2.05, 4.69) is 15.2 Å². The fourth-order valence-corrected chi connectivity index (χ4v) is 2.63. The van der Waals surface area contributed by atoms with Gasteiger partial charge in [0, 0.05) is 11.8 Å². The molecule has 29 heavy (non-hydrogen) atoms. The lowest BCUT2D eigenvalue weighted by atomic mass is 10.1. The van der Waals surface area contributed by atoms with E-state index < -0.39 is 23.7 Å². The molecule has 1 aromatic heterocycles. The zero-order valence-electron chi connectivity index (χ0n) is 15.2. The van der Waals surface area contributed by atoms with Gasteiger partial charge in [0.15, 0.2) is 5.69 Å². The van der Waals surface area contributed by atoms with Gasteiger partial charge in [-0.05, 0) is 29.8 Å². The maximum absolute atomic E-state index is 13.4. The first-order valence-electron chi connectivity index (χ1n) is 8.46. The van der Waals surface area contributed by atoms with Crippen LogP contribution in [0.3, 0.4) is 0 Å². The summed E-state index contributed by atoms with van der Waals surface area (Å²) < 4.78 is 45.6. The molecule has 0 radical (unpaired) electrons. The van der Waals surface area contributed by atoms with Crippen molar-refractivity contribution in [2.24, 2.45) is 0 Å². The summed E-state index contributed by atoms with van der Waals surface area (Å²) in [6.45, 7) is -0.227. The summed E-state index contributed by atoms with van der Waals surface area (Å²) in [7, 11) is 1.23. The Hall–Kier alpha value is -3.62. The van der Waals surface area contributed by atoms with Crippen LogP contribution >= 0.6 is 0 Å². The molecule has 2 aromatic carbocycles. The zero-order valence-corrected chi connectivity index (χ0v) is 15.2. The molecule has 0 saturated carbocycles. The van der Waals surface area contributed by atoms with Crippen LogP contribution < -0.4 is 5.32 Å². The number of rotatable bonds is 5. The number of para-hydroxylation sites is 1. The number of nitrogens with one attached hydrogen (secondary N) is 1. The third kappa shape index (κ3) is 4.81. The number of esters is 1. The van der Waals surface area contributed by atoms with Crippen molar-refractivity contribution in [2.75, 3.05) is 12.4 Å². The molecule has 0 spiro atoms. The first kappa shape index (κ1) is 20.1. The summed E-state index contributed by atoms with van der Waals surface area (Å²) in [4.78, 5) is 23.8. The summed E-state index contributed by atoms with van der Waals surface area (Å²) in [5.74, 6) is -1.30. The van der Waals surface area contributed by atoms with Gasteiger partial charge in [0.05, 0.1) is 19.2 Å². The average molecular weight is 403 g/mol. The molecule has 0 aliphatic heterocycles. The van der Waals surface area contributed by atoms with Gasteiger partial charge in [0.25, 0.3) is 5.91 Å². The molecule has 1 heterocycles. The van der Waals surface area contributed by atoms with E-state index in [0.717, 1.165) is 0 Å². The van der Waals surface area contributed by atoms with Crippen LogP contribution in [0.4, 0.5) is 18.9 Å². The fraction of sp³-hybridized carbons (Fsp3) is 0.150. The molecular weight excluding hydrogens is 387 g/mol. The van der Waals surface area contributed by atoms with Gasteiger partial charge < -0.3 is 10.1 Å². The van der Waals surface area contributed by atoms with Crippen LogP contribution in [0.15, 0.2) is 60.7 Å². The lowest BCUT2D eigenvalue weighted by Gasteiger charge is -2.10. The Labute approximate surface area is 163 Å². The fourth-order valence-electron chi connectivity index (χ4n) is 2.63. The third-order valence-electron chi connectivity index (χ3n) is 4.04. The lowest BCUT2D eigenvalue weighted by molar-refractivity contribution is -0.144. The SMILES string of the molecule is COC(=O)c1ccc(Cn2nc(C(=O)Nc3ccccc3)cc2C(F)(F)F)cc1. The Balaban J connectivity index is 1.86. The van der Waals surface area contributed by atoms with Crippen LogP contribution in [0, 0.1) is 0 Å². The van der Waals surface area contributed by atoms with E-state index in [0.29, 0.717) is 22.0 Å². The second-order valence-electron chi connectivity index (χ2n) is 6.08. The molecule has 6 nitrogen and oxygen atoms in total. The molecule has 0 atom stereocenters. The number of hydrogen-bond acceptors (Lipinski definition) is 4. The molecule has 0 saturated heterocycles. The largest absolute Gasteiger partial charge is 0.465 e. The molecule has 0 unspecified atom stereocenters. The van der Waals surface area contributed by atoms with E-state index in [-0.39, 0.29) is 17.8 Å². The smallest absolute Gasteiger partial charge is 0.433 e. The van der Waals surface area contributed by atoms with Crippen LogP contribution in [-0.4, -0.2) is 28.8 Å². The Morgan fingerprint density at radius 1 is 1.07 bits per heavy atom. The number of hydrogen-bond donors (Lipinski definition) is 1. The van der Waals surface area contributed by atoms with Crippen LogP contribution in [0.2, 0.25) is 0 Å². The van der Waals surface area contributed by atoms with Gasteiger partial charge in [-0.15, -0.1) is 0 Å². The number of nitrogens with zero attached hydrogens (tertiary/aromatic N) is 2. The standard InChI is InChI=1S/C20H16F3N3O3/c1-29-19(28)14-9-7-13(8-10-14)12-26-17(20(21,22)23)11-16(25-26)18(27)24-15-5-3-2-4-6-15/h2-11H,12H2,1H3,(H,24,27). The monoisotopic (exact) mass is 403 g/mol. The molecular formula is C20H16F3N3O3. The van der Waals surface area contributed by atoms with Crippen molar-refractivity contribution in [1.82, 2.24) is 9.78 Å². The van der Waals surface area contributed by atoms with Crippen molar-refractivity contribution >= 4 is 17.6 Å². The summed E-state index contributed by atoms with van der Waals surface area (Å²) in [6.07, 6.45) is -4.69. The van der Waals surface area contributed by atoms with Gasteiger partial charge in [-0.25, -0.2) is 4.79 Å². The zero-order chi connectivity index (χ0) is 21.0. The molecule has 0 aliphatic rings. The van der Waals surface area contributed by atoms with Crippen LogP contribution in [0.5, 0.6) is 0 Å². The van der Waals surface area contributed by atoms with E-state index >= 15 is 0 Å². The molecule has 1 N–H and O–H groups in total. The van der Waals surface area contributed by atoms with Crippen molar-refractivity contribution in [3.05, 3.63) is 83.2 Å². The van der Waals surface area contributed by atoms with Gasteiger partial charge in [-0.1, -0.05) is 30.3 Å². The normalized spacial score (nSPS) is 11.2. The number of benzene rings is 2. The number of halogens is 3. The summed E-state index contributed by atoms with van der Waals surface area (Å²) >= 11 is 0. The van der Waals surface area contributed by atoms with Crippen molar-refractivity contribution in [3.8, 4) is 0 Å². The second-order valence-corrected chi connectivity index (χ2v) is 6.08. The van der Waals surface area contributed by atoms with E-state index in [9.17, 15) is 22.8 Å². The van der Waals surface area contributed by atoms with Gasteiger partial charge in [-0.3, -0.25) is 9.48 Å². The Kier molecular flexibility index (Phi) is 5.67. The van der Waals surface area contributed by atoms with E-state index in [1.807, 2.05) is 0 Å². The Morgan fingerprint density at radius 3 is 2.31 bits per heavy atom. The molecule has 1 amide bonds. The van der Waals surface area contributed by atoms with Gasteiger partial charge >= 0.3 is 12.1 Å². The lowest BCUT2D eigenvalue weighted by Crippen LogP contribution is -2.16. The van der Waals surface area contributed by atoms with E-state index in [1.54, 1.807) is 30.3 Å². The van der Waals surface area contributed by atoms with Crippen molar-refractivity contribution in [1.29, 1.82) is 0 Å². The molecule has 3 aromatic rings. The van der Waals surface area contributed by atoms with Crippen LogP contribution in [0.1, 0.15) is 32.1 Å². The Morgan fingerprint density at radius 2 is 1.72 bits per heavy atom. The van der Waals surface area contributed by atoms with Gasteiger partial charge in [0.2, 0.25) is 0 Å². The Bertz CT molecular complexity index is 1010. The number of alkyl halides is 3. The van der Waals surface area contributed by atoms with Gasteiger partial charge in [-0.2, -0.15) is 18.3 Å². The highest BCUT2D eigenvalue weighted by molar-refractivity contribution is 6.02. The first-order chi connectivity index (χ1) is 13.8. The number of amides is 1. The first-order valence-corrected chi connectivity index (χ1v) is 8.46. The topological polar surface area (TPSA) is 73.2 Å². The maximum atomic E-state index is 13.4. The molecule has 150 valence electrons. The second kappa shape index (κ2) is 8.17. The average Bonchev–Trinajstić information content (AvgIpc) is 3.13. The van der Waals surface area contributed by atoms with E-state index in [4.69, 9.17) is 0 Å². The number of carbonyl (C=O) groups excluding carboxylic acids is 2. The molecule has 9 heteroatoms. The highest BCUT2D eigenvalue weighted by atomic mass is 19.4. The quantitative estimate of drug-likeness (QED) is 0.654. The minimum atomic E-state index is -4.69. The third-order valence-corrected chi connectivity index (χ3v) is 4.04. The number of ether oxygens (including phenoxy) is 1. The minimum absolute atomic E-state index is 0.227. The van der Waals surface area contributed by atoms with Crippen molar-refractivity contribution < 1.29 is 27.5 Å². The predicted molar refractivity (Wildman–Crippen MR) is 98.5 cm³/mol. The minimum Gasteiger partial charge on any atom is -0.465 e.